The fraction of sp³-hybridized carbons (Fsp3) is 0.316. The van der Waals surface area contributed by atoms with E-state index < -0.39 is 41.9 Å². The minimum atomic E-state index is -1.26. The zero-order valence-corrected chi connectivity index (χ0v) is 17.0. The third kappa shape index (κ3) is 6.90. The van der Waals surface area contributed by atoms with E-state index in [9.17, 15) is 24.3 Å². The second kappa shape index (κ2) is 11.2. The molecule has 1 heterocycles. The zero-order valence-electron chi connectivity index (χ0n) is 17.0. The van der Waals surface area contributed by atoms with Crippen molar-refractivity contribution < 1.29 is 24.3 Å². The number of carboxylic acids is 1. The lowest BCUT2D eigenvalue weighted by Gasteiger charge is -2.19. The smallest absolute Gasteiger partial charge is 0.326 e. The summed E-state index contributed by atoms with van der Waals surface area (Å²) in [5, 5.41) is 14.6. The Kier molecular flexibility index (Phi) is 8.39. The van der Waals surface area contributed by atoms with E-state index in [0.717, 1.165) is 6.34 Å². The quantitative estimate of drug-likeness (QED) is 0.170. The Morgan fingerprint density at radius 2 is 1.88 bits per heavy atom. The van der Waals surface area contributed by atoms with E-state index in [4.69, 9.17) is 17.2 Å². The Morgan fingerprint density at radius 1 is 1.19 bits per heavy atom. The van der Waals surface area contributed by atoms with Crippen LogP contribution in [0.2, 0.25) is 0 Å². The maximum absolute atomic E-state index is 12.3. The van der Waals surface area contributed by atoms with Gasteiger partial charge in [0.2, 0.25) is 11.8 Å². The molecular formula is C19H24N8O5. The van der Waals surface area contributed by atoms with Crippen molar-refractivity contribution in [3.8, 4) is 0 Å². The van der Waals surface area contributed by atoms with Crippen LogP contribution in [0.4, 0.5) is 5.69 Å². The van der Waals surface area contributed by atoms with Gasteiger partial charge in [-0.05, 0) is 30.7 Å². The van der Waals surface area contributed by atoms with E-state index >= 15 is 0 Å². The molecule has 0 aliphatic carbocycles. The molecule has 3 atom stereocenters. The summed E-state index contributed by atoms with van der Waals surface area (Å²) in [5.41, 5.74) is 16.9. The topological polar surface area (TPSA) is 228 Å². The number of amides is 3. The molecule has 1 aliphatic rings. The maximum Gasteiger partial charge on any atom is 0.326 e. The highest BCUT2D eigenvalue weighted by Gasteiger charge is 2.27. The van der Waals surface area contributed by atoms with Gasteiger partial charge in [0.05, 0.1) is 18.6 Å². The van der Waals surface area contributed by atoms with Crippen LogP contribution >= 0.6 is 0 Å². The molecule has 13 heteroatoms. The van der Waals surface area contributed by atoms with Gasteiger partial charge >= 0.3 is 5.97 Å². The van der Waals surface area contributed by atoms with E-state index in [1.54, 1.807) is 12.1 Å². The molecule has 0 aromatic heterocycles. The molecule has 9 N–H and O–H groups in total. The molecule has 170 valence electrons. The number of rotatable bonds is 11. The summed E-state index contributed by atoms with van der Waals surface area (Å²) >= 11 is 0. The number of hydrogen-bond acceptors (Lipinski definition) is 8. The van der Waals surface area contributed by atoms with E-state index in [0.29, 0.717) is 11.4 Å². The van der Waals surface area contributed by atoms with Crippen molar-refractivity contribution in [2.24, 2.45) is 32.2 Å². The van der Waals surface area contributed by atoms with Gasteiger partial charge in [-0.25, -0.2) is 9.79 Å². The number of anilines is 1. The molecule has 0 saturated carbocycles. The van der Waals surface area contributed by atoms with Crippen molar-refractivity contribution in [3.63, 3.8) is 0 Å². The van der Waals surface area contributed by atoms with Crippen LogP contribution in [-0.2, 0) is 14.4 Å². The Morgan fingerprint density at radius 3 is 2.44 bits per heavy atom. The molecular weight excluding hydrogens is 420 g/mol. The molecule has 0 radical (unpaired) electrons. The Balaban J connectivity index is 1.96. The summed E-state index contributed by atoms with van der Waals surface area (Å²) in [6, 6.07) is 4.03. The maximum atomic E-state index is 12.3. The second-order valence-corrected chi connectivity index (χ2v) is 6.76. The van der Waals surface area contributed by atoms with Crippen LogP contribution in [0.25, 0.3) is 0 Å². The Hall–Kier alpha value is -4.29. The number of benzene rings is 1. The van der Waals surface area contributed by atoms with Gasteiger partial charge in [0.15, 0.2) is 12.2 Å². The van der Waals surface area contributed by atoms with Gasteiger partial charge < -0.3 is 32.9 Å². The number of carboxylic acid groups (broad SMARTS) is 1. The highest BCUT2D eigenvalue weighted by atomic mass is 16.4. The van der Waals surface area contributed by atoms with Gasteiger partial charge in [-0.1, -0.05) is 0 Å². The summed E-state index contributed by atoms with van der Waals surface area (Å²) < 4.78 is 0. The summed E-state index contributed by atoms with van der Waals surface area (Å²) in [7, 11) is 0. The molecule has 1 aromatic carbocycles. The Labute approximate surface area is 182 Å². The SMILES string of the molecule is N/C=N/C1N=CC(CNc2ccc(C(=O)N[C@@H](CCC(N)=O)C(=O)O)cc2)=NC1C(N)=O. The number of carbonyl (C=O) groups excluding carboxylic acids is 3. The molecule has 1 aliphatic heterocycles. The van der Waals surface area contributed by atoms with Crippen molar-refractivity contribution in [1.29, 1.82) is 0 Å². The molecule has 1 aromatic rings. The van der Waals surface area contributed by atoms with Gasteiger partial charge in [0.25, 0.3) is 5.91 Å². The number of hydrogen-bond donors (Lipinski definition) is 6. The van der Waals surface area contributed by atoms with Crippen LogP contribution in [0, 0.1) is 0 Å². The number of nitrogens with two attached hydrogens (primary N) is 3. The molecule has 0 bridgehead atoms. The molecule has 13 nitrogen and oxygen atoms in total. The summed E-state index contributed by atoms with van der Waals surface area (Å²) in [5.74, 6) is -3.20. The van der Waals surface area contributed by atoms with Crippen molar-refractivity contribution >= 4 is 47.6 Å². The highest BCUT2D eigenvalue weighted by molar-refractivity contribution is 6.33. The highest BCUT2D eigenvalue weighted by Crippen LogP contribution is 2.12. The van der Waals surface area contributed by atoms with Crippen molar-refractivity contribution in [2.45, 2.75) is 31.1 Å². The molecule has 3 amide bonds. The lowest BCUT2D eigenvalue weighted by Crippen LogP contribution is -2.41. The number of aliphatic carboxylic acids is 1. The van der Waals surface area contributed by atoms with Crippen molar-refractivity contribution in [2.75, 3.05) is 11.9 Å². The van der Waals surface area contributed by atoms with E-state index in [1.165, 1.54) is 18.3 Å². The Bertz CT molecular complexity index is 957. The third-order valence-corrected chi connectivity index (χ3v) is 4.40. The summed E-state index contributed by atoms with van der Waals surface area (Å²) in [4.78, 5) is 58.1. The number of nitrogens with one attached hydrogen (secondary N) is 2. The fourth-order valence-electron chi connectivity index (χ4n) is 2.75. The predicted octanol–water partition coefficient (Wildman–Crippen LogP) is -1.76. The van der Waals surface area contributed by atoms with Crippen LogP contribution in [0.5, 0.6) is 0 Å². The number of nitrogens with zero attached hydrogens (tertiary/aromatic N) is 3. The van der Waals surface area contributed by atoms with Crippen LogP contribution in [0.3, 0.4) is 0 Å². The molecule has 0 fully saturated rings. The van der Waals surface area contributed by atoms with E-state index in [-0.39, 0.29) is 24.9 Å². The summed E-state index contributed by atoms with van der Waals surface area (Å²) in [6.07, 6.45) is 1.43. The standard InChI is InChI=1S/C19H24N8O5/c20-9-25-17-15(16(22)29)26-12(8-24-17)7-23-11-3-1-10(2-4-11)18(30)27-13(19(31)32)5-6-14(21)28/h1-4,8-9,13,15,17,23H,5-7H2,(H2,20,25)(H2,21,28)(H2,22,29)(H,27,30)(H,31,32)/t13-,15?,17?/m0/s1. The molecule has 0 spiro atoms. The second-order valence-electron chi connectivity index (χ2n) is 6.76. The molecule has 32 heavy (non-hydrogen) atoms. The first-order chi connectivity index (χ1) is 15.2. The van der Waals surface area contributed by atoms with Crippen molar-refractivity contribution in [1.82, 2.24) is 5.32 Å². The van der Waals surface area contributed by atoms with Gasteiger partial charge in [-0.2, -0.15) is 0 Å². The molecule has 2 rings (SSSR count). The number of primary amides is 2. The van der Waals surface area contributed by atoms with Crippen molar-refractivity contribution in [3.05, 3.63) is 29.8 Å². The minimum Gasteiger partial charge on any atom is -0.480 e. The lowest BCUT2D eigenvalue weighted by atomic mass is 10.1. The summed E-state index contributed by atoms with van der Waals surface area (Å²) in [6.45, 7) is 0.228. The normalized spacial score (nSPS) is 18.6. The van der Waals surface area contributed by atoms with Gasteiger partial charge in [-0.15, -0.1) is 0 Å². The largest absolute Gasteiger partial charge is 0.480 e. The van der Waals surface area contributed by atoms with E-state index in [1.807, 2.05) is 0 Å². The first kappa shape index (κ1) is 24.0. The van der Waals surface area contributed by atoms with Gasteiger partial charge in [0, 0.05) is 23.9 Å². The average molecular weight is 444 g/mol. The number of aliphatic imine (C=N–C) groups is 3. The molecule has 0 saturated heterocycles. The fourth-order valence-corrected chi connectivity index (χ4v) is 2.75. The van der Waals surface area contributed by atoms with Crippen LogP contribution < -0.4 is 27.8 Å². The van der Waals surface area contributed by atoms with Crippen LogP contribution in [-0.4, -0.2) is 71.9 Å². The van der Waals surface area contributed by atoms with E-state index in [2.05, 4.69) is 25.6 Å². The third-order valence-electron chi connectivity index (χ3n) is 4.40. The number of carbonyl (C=O) groups is 4. The lowest BCUT2D eigenvalue weighted by molar-refractivity contribution is -0.139. The predicted molar refractivity (Wildman–Crippen MR) is 118 cm³/mol. The first-order valence-corrected chi connectivity index (χ1v) is 9.49. The van der Waals surface area contributed by atoms with Crippen LogP contribution in [0.1, 0.15) is 23.2 Å². The van der Waals surface area contributed by atoms with Crippen LogP contribution in [0.15, 0.2) is 39.2 Å². The zero-order chi connectivity index (χ0) is 23.7. The minimum absolute atomic E-state index is 0.108. The average Bonchev–Trinajstić information content (AvgIpc) is 2.75. The first-order valence-electron chi connectivity index (χ1n) is 9.49. The van der Waals surface area contributed by atoms with Gasteiger partial charge in [-0.3, -0.25) is 24.4 Å². The van der Waals surface area contributed by atoms with Gasteiger partial charge in [0.1, 0.15) is 6.04 Å². The molecule has 2 unspecified atom stereocenters. The monoisotopic (exact) mass is 444 g/mol.